The molecule has 3 heteroatoms. The summed E-state index contributed by atoms with van der Waals surface area (Å²) < 4.78 is 5.43. The van der Waals surface area contributed by atoms with Crippen LogP contribution in [0.1, 0.15) is 36.1 Å². The average molecular weight is 353 g/mol. The Morgan fingerprint density at radius 3 is 2.38 bits per heavy atom. The maximum atomic E-state index is 5.43. The molecular formula is C23H32N2O. The van der Waals surface area contributed by atoms with Gasteiger partial charge in [-0.1, -0.05) is 44.2 Å². The minimum absolute atomic E-state index is 0.842. The zero-order valence-corrected chi connectivity index (χ0v) is 16.5. The van der Waals surface area contributed by atoms with Crippen LogP contribution >= 0.6 is 0 Å². The first kappa shape index (κ1) is 18.9. The molecule has 0 bridgehead atoms. The van der Waals surface area contributed by atoms with Crippen LogP contribution in [0, 0.1) is 6.92 Å². The Labute approximate surface area is 158 Å². The van der Waals surface area contributed by atoms with E-state index < -0.39 is 0 Å². The Morgan fingerprint density at radius 2 is 1.65 bits per heavy atom. The quantitative estimate of drug-likeness (QED) is 0.813. The van der Waals surface area contributed by atoms with Crippen LogP contribution in [0.15, 0.2) is 42.5 Å². The van der Waals surface area contributed by atoms with Crippen molar-refractivity contribution in [3.63, 3.8) is 0 Å². The molecule has 0 radical (unpaired) electrons. The lowest BCUT2D eigenvalue weighted by Crippen LogP contribution is -2.36. The fourth-order valence-electron chi connectivity index (χ4n) is 3.89. The molecule has 0 spiro atoms. The van der Waals surface area contributed by atoms with Crippen molar-refractivity contribution in [1.29, 1.82) is 0 Å². The summed E-state index contributed by atoms with van der Waals surface area (Å²) in [5.74, 6) is 0. The fraction of sp³-hybridized carbons (Fsp3) is 0.478. The third kappa shape index (κ3) is 4.46. The number of hydrogen-bond acceptors (Lipinski definition) is 3. The molecule has 3 nitrogen and oxygen atoms in total. The van der Waals surface area contributed by atoms with Gasteiger partial charge in [0.05, 0.1) is 13.2 Å². The molecule has 1 saturated heterocycles. The summed E-state index contributed by atoms with van der Waals surface area (Å²) in [5.41, 5.74) is 7.24. The highest BCUT2D eigenvalue weighted by molar-refractivity contribution is 5.48. The highest BCUT2D eigenvalue weighted by Crippen LogP contribution is 2.24. The highest BCUT2D eigenvalue weighted by Gasteiger charge is 2.17. The van der Waals surface area contributed by atoms with Crippen LogP contribution in [0.4, 0.5) is 5.69 Å². The minimum Gasteiger partial charge on any atom is -0.378 e. The van der Waals surface area contributed by atoms with Gasteiger partial charge < -0.3 is 9.64 Å². The van der Waals surface area contributed by atoms with E-state index in [0.29, 0.717) is 0 Å². The first-order chi connectivity index (χ1) is 12.8. The fourth-order valence-corrected chi connectivity index (χ4v) is 3.89. The van der Waals surface area contributed by atoms with E-state index in [4.69, 9.17) is 4.74 Å². The lowest BCUT2D eigenvalue weighted by Gasteiger charge is -2.30. The molecule has 2 aliphatic rings. The molecule has 0 unspecified atom stereocenters. The average Bonchev–Trinajstić information content (AvgIpc) is 2.71. The Hall–Kier alpha value is -1.84. The van der Waals surface area contributed by atoms with E-state index in [2.05, 4.69) is 59.2 Å². The van der Waals surface area contributed by atoms with Gasteiger partial charge in [0.1, 0.15) is 0 Å². The van der Waals surface area contributed by atoms with Crippen molar-refractivity contribution in [2.24, 2.45) is 0 Å². The van der Waals surface area contributed by atoms with Gasteiger partial charge in [-0.3, -0.25) is 4.90 Å². The van der Waals surface area contributed by atoms with Crippen LogP contribution in [0.3, 0.4) is 0 Å². The summed E-state index contributed by atoms with van der Waals surface area (Å²) in [6, 6.07) is 15.8. The van der Waals surface area contributed by atoms with Gasteiger partial charge in [-0.2, -0.15) is 0 Å². The second-order valence-electron chi connectivity index (χ2n) is 6.94. The van der Waals surface area contributed by atoms with Crippen LogP contribution in [0.2, 0.25) is 0 Å². The number of morpholine rings is 1. The van der Waals surface area contributed by atoms with E-state index in [1.807, 2.05) is 13.8 Å². The number of nitrogens with zero attached hydrogens (tertiary/aromatic N) is 2. The Morgan fingerprint density at radius 1 is 0.923 bits per heavy atom. The van der Waals surface area contributed by atoms with Gasteiger partial charge in [-0.05, 0) is 47.7 Å². The highest BCUT2D eigenvalue weighted by atomic mass is 16.5. The van der Waals surface area contributed by atoms with Crippen LogP contribution in [0.25, 0.3) is 0 Å². The van der Waals surface area contributed by atoms with Gasteiger partial charge in [-0.25, -0.2) is 0 Å². The van der Waals surface area contributed by atoms with Gasteiger partial charge in [0.2, 0.25) is 0 Å². The maximum Gasteiger partial charge on any atom is 0.0642 e. The first-order valence-corrected chi connectivity index (χ1v) is 10.0. The van der Waals surface area contributed by atoms with Gasteiger partial charge >= 0.3 is 0 Å². The lowest BCUT2D eigenvalue weighted by atomic mass is 9.95. The number of hydrogen-bond donors (Lipinski definition) is 0. The van der Waals surface area contributed by atoms with E-state index in [1.54, 1.807) is 5.56 Å². The first-order valence-electron chi connectivity index (χ1n) is 10.0. The van der Waals surface area contributed by atoms with E-state index in [1.165, 1.54) is 28.8 Å². The molecule has 0 saturated carbocycles. The number of benzene rings is 2. The summed E-state index contributed by atoms with van der Waals surface area (Å²) >= 11 is 0. The summed E-state index contributed by atoms with van der Waals surface area (Å²) in [4.78, 5) is 4.97. The predicted octanol–water partition coefficient (Wildman–Crippen LogP) is 4.42. The van der Waals surface area contributed by atoms with Gasteiger partial charge in [0.25, 0.3) is 0 Å². The molecule has 2 aromatic rings. The third-order valence-corrected chi connectivity index (χ3v) is 5.30. The summed E-state index contributed by atoms with van der Waals surface area (Å²) in [5, 5.41) is 0. The number of ether oxygens (including phenoxy) is 1. The van der Waals surface area contributed by atoms with E-state index in [9.17, 15) is 0 Å². The SMILES string of the molecule is CC.Cc1cccc2c1CCN(Cc1ccc(N3CCOCC3)cc1)C2. The molecule has 1 fully saturated rings. The van der Waals surface area contributed by atoms with Gasteiger partial charge in [-0.15, -0.1) is 0 Å². The molecule has 0 aromatic heterocycles. The van der Waals surface area contributed by atoms with Crippen molar-refractivity contribution in [1.82, 2.24) is 4.90 Å². The standard InChI is InChI=1S/C21H26N2O.C2H6/c1-17-3-2-4-19-16-22(10-9-21(17)19)15-18-5-7-20(8-6-18)23-11-13-24-14-12-23;1-2/h2-8H,9-16H2,1H3;1-2H3. The van der Waals surface area contributed by atoms with Crippen LogP contribution < -0.4 is 4.90 Å². The molecule has 2 aromatic carbocycles. The molecule has 2 heterocycles. The van der Waals surface area contributed by atoms with Gasteiger partial charge in [0, 0.05) is 38.4 Å². The van der Waals surface area contributed by atoms with Crippen molar-refractivity contribution in [3.8, 4) is 0 Å². The second kappa shape index (κ2) is 9.20. The molecule has 2 aliphatic heterocycles. The smallest absolute Gasteiger partial charge is 0.0642 e. The Kier molecular flexibility index (Phi) is 6.70. The zero-order valence-electron chi connectivity index (χ0n) is 16.5. The summed E-state index contributed by atoms with van der Waals surface area (Å²) in [6.07, 6.45) is 1.17. The topological polar surface area (TPSA) is 15.7 Å². The Balaban J connectivity index is 0.000000948. The van der Waals surface area contributed by atoms with E-state index in [0.717, 1.165) is 45.9 Å². The summed E-state index contributed by atoms with van der Waals surface area (Å²) in [7, 11) is 0. The Bertz CT molecular complexity index is 690. The monoisotopic (exact) mass is 352 g/mol. The zero-order chi connectivity index (χ0) is 18.4. The number of anilines is 1. The second-order valence-corrected chi connectivity index (χ2v) is 6.94. The molecular weight excluding hydrogens is 320 g/mol. The van der Waals surface area contributed by atoms with E-state index in [-0.39, 0.29) is 0 Å². The van der Waals surface area contributed by atoms with Crippen molar-refractivity contribution in [2.45, 2.75) is 40.3 Å². The molecule has 0 amide bonds. The van der Waals surface area contributed by atoms with Crippen molar-refractivity contribution in [2.75, 3.05) is 37.7 Å². The van der Waals surface area contributed by atoms with Crippen molar-refractivity contribution in [3.05, 3.63) is 64.7 Å². The van der Waals surface area contributed by atoms with Crippen molar-refractivity contribution < 1.29 is 4.74 Å². The molecule has 0 atom stereocenters. The number of aryl methyl sites for hydroxylation is 1. The van der Waals surface area contributed by atoms with Crippen LogP contribution in [-0.4, -0.2) is 37.7 Å². The number of rotatable bonds is 3. The van der Waals surface area contributed by atoms with Crippen LogP contribution in [0.5, 0.6) is 0 Å². The normalized spacial score (nSPS) is 17.3. The maximum absolute atomic E-state index is 5.43. The molecule has 4 rings (SSSR count). The predicted molar refractivity (Wildman–Crippen MR) is 110 cm³/mol. The third-order valence-electron chi connectivity index (χ3n) is 5.30. The van der Waals surface area contributed by atoms with E-state index >= 15 is 0 Å². The summed E-state index contributed by atoms with van der Waals surface area (Å²) in [6.45, 7) is 13.2. The number of fused-ring (bicyclic) bond motifs is 1. The molecule has 0 aliphatic carbocycles. The largest absolute Gasteiger partial charge is 0.378 e. The molecule has 140 valence electrons. The van der Waals surface area contributed by atoms with Gasteiger partial charge in [0.15, 0.2) is 0 Å². The minimum atomic E-state index is 0.842. The molecule has 0 N–H and O–H groups in total. The van der Waals surface area contributed by atoms with Crippen LogP contribution in [-0.2, 0) is 24.2 Å². The molecule has 26 heavy (non-hydrogen) atoms. The lowest BCUT2D eigenvalue weighted by molar-refractivity contribution is 0.122. The van der Waals surface area contributed by atoms with Crippen molar-refractivity contribution >= 4 is 5.69 Å².